The molecule has 3 aromatic rings. The lowest BCUT2D eigenvalue weighted by Crippen LogP contribution is -2.29. The molecular formula is C16H14N6O2S. The van der Waals surface area contributed by atoms with E-state index in [1.165, 1.54) is 11.3 Å². The lowest BCUT2D eigenvalue weighted by Gasteiger charge is -2.25. The van der Waals surface area contributed by atoms with E-state index in [0.717, 1.165) is 10.6 Å². The minimum Gasteiger partial charge on any atom is -0.457 e. The molecule has 126 valence electrons. The van der Waals surface area contributed by atoms with Crippen LogP contribution in [0, 0.1) is 0 Å². The molecule has 0 fully saturated rings. The topological polar surface area (TPSA) is 94.8 Å². The first-order valence-electron chi connectivity index (χ1n) is 7.60. The molecule has 0 aliphatic carbocycles. The maximum Gasteiger partial charge on any atom is 0.338 e. The molecule has 2 aromatic heterocycles. The molecular weight excluding hydrogens is 340 g/mol. The van der Waals surface area contributed by atoms with Crippen molar-refractivity contribution < 1.29 is 9.53 Å². The number of hydrogen-bond acceptors (Lipinski definition) is 8. The maximum absolute atomic E-state index is 12.8. The van der Waals surface area contributed by atoms with Crippen LogP contribution in [0.5, 0.6) is 0 Å². The van der Waals surface area contributed by atoms with E-state index in [1.54, 1.807) is 17.8 Å². The van der Waals surface area contributed by atoms with Crippen LogP contribution in [0.2, 0.25) is 0 Å². The molecule has 4 rings (SSSR count). The van der Waals surface area contributed by atoms with Gasteiger partial charge < -0.3 is 10.1 Å². The van der Waals surface area contributed by atoms with Gasteiger partial charge in [-0.25, -0.2) is 9.78 Å². The van der Waals surface area contributed by atoms with E-state index >= 15 is 0 Å². The van der Waals surface area contributed by atoms with E-state index in [2.05, 4.69) is 25.8 Å². The lowest BCUT2D eigenvalue weighted by atomic mass is 10.0. The van der Waals surface area contributed by atoms with Crippen molar-refractivity contribution in [2.24, 2.45) is 0 Å². The number of ether oxygens (including phenoxy) is 1. The number of tetrazole rings is 1. The highest BCUT2D eigenvalue weighted by molar-refractivity contribution is 7.09. The zero-order chi connectivity index (χ0) is 17.2. The van der Waals surface area contributed by atoms with Crippen LogP contribution in [-0.2, 0) is 16.1 Å². The predicted octanol–water partition coefficient (Wildman–Crippen LogP) is 2.16. The molecule has 1 aromatic carbocycles. The molecule has 3 heterocycles. The number of aromatic nitrogens is 5. The fourth-order valence-corrected chi connectivity index (χ4v) is 3.40. The minimum absolute atomic E-state index is 0.198. The van der Waals surface area contributed by atoms with Gasteiger partial charge in [-0.2, -0.15) is 4.68 Å². The molecule has 1 aliphatic rings. The number of allylic oxidation sites excluding steroid dienone is 1. The number of esters is 1. The monoisotopic (exact) mass is 354 g/mol. The summed E-state index contributed by atoms with van der Waals surface area (Å²) in [5.41, 5.74) is 2.03. The van der Waals surface area contributed by atoms with Gasteiger partial charge in [0.05, 0.1) is 5.57 Å². The van der Waals surface area contributed by atoms with Crippen molar-refractivity contribution >= 4 is 23.3 Å². The van der Waals surface area contributed by atoms with Gasteiger partial charge in [0.15, 0.2) is 0 Å². The van der Waals surface area contributed by atoms with Crippen LogP contribution < -0.4 is 5.32 Å². The molecule has 8 nitrogen and oxygen atoms in total. The average Bonchev–Trinajstić information content (AvgIpc) is 3.31. The van der Waals surface area contributed by atoms with Crippen molar-refractivity contribution in [3.05, 3.63) is 63.7 Å². The summed E-state index contributed by atoms with van der Waals surface area (Å²) in [6.07, 6.45) is 1.69. The van der Waals surface area contributed by atoms with Gasteiger partial charge >= 0.3 is 5.97 Å². The molecule has 0 amide bonds. The largest absolute Gasteiger partial charge is 0.457 e. The Labute approximate surface area is 147 Å². The number of thiazole rings is 1. The van der Waals surface area contributed by atoms with E-state index in [0.29, 0.717) is 17.2 Å². The molecule has 0 bridgehead atoms. The zero-order valence-corrected chi connectivity index (χ0v) is 14.1. The molecule has 1 unspecified atom stereocenters. The SMILES string of the molecule is CC1=C(C(=O)OCc2ccccc2)C(c2nccs2)n2nnnc2N1. The molecule has 0 saturated heterocycles. The van der Waals surface area contributed by atoms with Crippen LogP contribution in [0.3, 0.4) is 0 Å². The Kier molecular flexibility index (Phi) is 3.98. The summed E-state index contributed by atoms with van der Waals surface area (Å²) < 4.78 is 7.06. The molecule has 0 saturated carbocycles. The number of nitrogens with one attached hydrogen (secondary N) is 1. The van der Waals surface area contributed by atoms with Crippen molar-refractivity contribution in [2.45, 2.75) is 19.6 Å². The fraction of sp³-hybridized carbons (Fsp3) is 0.188. The third kappa shape index (κ3) is 2.89. The standard InChI is InChI=1S/C16H14N6O2S/c1-10-12(15(23)24-9-11-5-3-2-4-6-11)13(14-17-7-8-25-14)22-16(18-10)19-20-21-22/h2-8,13H,9H2,1H3,(H,18,19,21). The molecule has 9 heteroatoms. The van der Waals surface area contributed by atoms with E-state index < -0.39 is 12.0 Å². The van der Waals surface area contributed by atoms with Gasteiger partial charge in [-0.3, -0.25) is 0 Å². The lowest BCUT2D eigenvalue weighted by molar-refractivity contribution is -0.140. The summed E-state index contributed by atoms with van der Waals surface area (Å²) in [4.78, 5) is 17.1. The van der Waals surface area contributed by atoms with E-state index in [4.69, 9.17) is 4.74 Å². The van der Waals surface area contributed by atoms with Gasteiger partial charge in [0.25, 0.3) is 0 Å². The summed E-state index contributed by atoms with van der Waals surface area (Å²) in [5, 5.41) is 17.2. The number of carbonyl (C=O) groups is 1. The third-order valence-corrected chi connectivity index (χ3v) is 4.66. The van der Waals surface area contributed by atoms with Crippen molar-refractivity contribution in [2.75, 3.05) is 5.32 Å². The fourth-order valence-electron chi connectivity index (χ4n) is 2.68. The van der Waals surface area contributed by atoms with E-state index in [1.807, 2.05) is 35.7 Å². The zero-order valence-electron chi connectivity index (χ0n) is 13.3. The summed E-state index contributed by atoms with van der Waals surface area (Å²) in [7, 11) is 0. The van der Waals surface area contributed by atoms with Gasteiger partial charge in [0, 0.05) is 17.3 Å². The first-order valence-corrected chi connectivity index (χ1v) is 8.48. The molecule has 1 N–H and O–H groups in total. The Balaban J connectivity index is 1.65. The number of hydrogen-bond donors (Lipinski definition) is 1. The maximum atomic E-state index is 12.8. The van der Waals surface area contributed by atoms with Crippen LogP contribution in [0.4, 0.5) is 5.95 Å². The summed E-state index contributed by atoms with van der Waals surface area (Å²) in [6.45, 7) is 2.00. The Bertz CT molecular complexity index is 919. The number of nitrogens with zero attached hydrogens (tertiary/aromatic N) is 5. The molecule has 1 aliphatic heterocycles. The second kappa shape index (κ2) is 6.44. The first kappa shape index (κ1) is 15.5. The number of fused-ring (bicyclic) bond motifs is 1. The molecule has 25 heavy (non-hydrogen) atoms. The highest BCUT2D eigenvalue weighted by atomic mass is 32.1. The van der Waals surface area contributed by atoms with Crippen molar-refractivity contribution in [1.29, 1.82) is 0 Å². The summed E-state index contributed by atoms with van der Waals surface area (Å²) >= 11 is 1.44. The van der Waals surface area contributed by atoms with Crippen LogP contribution in [-0.4, -0.2) is 31.2 Å². The highest BCUT2D eigenvalue weighted by Crippen LogP contribution is 2.35. The number of rotatable bonds is 4. The second-order valence-corrected chi connectivity index (χ2v) is 6.37. The first-order chi connectivity index (χ1) is 12.2. The van der Waals surface area contributed by atoms with Crippen molar-refractivity contribution in [1.82, 2.24) is 25.2 Å². The van der Waals surface area contributed by atoms with Crippen LogP contribution in [0.1, 0.15) is 23.5 Å². The average molecular weight is 354 g/mol. The van der Waals surface area contributed by atoms with Gasteiger partial charge in [-0.15, -0.1) is 11.3 Å². The number of benzene rings is 1. The highest BCUT2D eigenvalue weighted by Gasteiger charge is 2.36. The van der Waals surface area contributed by atoms with Gasteiger partial charge in [0.1, 0.15) is 17.7 Å². The Morgan fingerprint density at radius 3 is 2.96 bits per heavy atom. The number of anilines is 1. The van der Waals surface area contributed by atoms with Gasteiger partial charge in [-0.05, 0) is 22.9 Å². The summed E-state index contributed by atoms with van der Waals surface area (Å²) in [6, 6.07) is 9.04. The van der Waals surface area contributed by atoms with Gasteiger partial charge in [0.2, 0.25) is 5.95 Å². The smallest absolute Gasteiger partial charge is 0.338 e. The normalized spacial score (nSPS) is 16.3. The predicted molar refractivity (Wildman–Crippen MR) is 90.6 cm³/mol. The van der Waals surface area contributed by atoms with E-state index in [9.17, 15) is 4.79 Å². The molecule has 0 spiro atoms. The van der Waals surface area contributed by atoms with E-state index in [-0.39, 0.29) is 6.61 Å². The Morgan fingerprint density at radius 1 is 1.36 bits per heavy atom. The quantitative estimate of drug-likeness (QED) is 0.717. The Morgan fingerprint density at radius 2 is 2.20 bits per heavy atom. The van der Waals surface area contributed by atoms with Crippen LogP contribution in [0.25, 0.3) is 0 Å². The molecule has 0 radical (unpaired) electrons. The Hall–Kier alpha value is -3.07. The second-order valence-electron chi connectivity index (χ2n) is 5.45. The van der Waals surface area contributed by atoms with Crippen LogP contribution >= 0.6 is 11.3 Å². The molecule has 1 atom stereocenters. The van der Waals surface area contributed by atoms with Crippen LogP contribution in [0.15, 0.2) is 53.2 Å². The van der Waals surface area contributed by atoms with Crippen molar-refractivity contribution in [3.8, 4) is 0 Å². The summed E-state index contributed by atoms with van der Waals surface area (Å²) in [5.74, 6) is 0.0486. The number of carbonyl (C=O) groups excluding carboxylic acids is 1. The van der Waals surface area contributed by atoms with Crippen molar-refractivity contribution in [3.63, 3.8) is 0 Å². The third-order valence-electron chi connectivity index (χ3n) is 3.83. The van der Waals surface area contributed by atoms with Gasteiger partial charge in [-0.1, -0.05) is 35.4 Å². The minimum atomic E-state index is -0.505.